The molecule has 5 amide bonds. The minimum absolute atomic E-state index is 0. The summed E-state index contributed by atoms with van der Waals surface area (Å²) in [5.74, 6) is -2.29. The summed E-state index contributed by atoms with van der Waals surface area (Å²) in [7, 11) is 0. The summed E-state index contributed by atoms with van der Waals surface area (Å²) in [6, 6.07) is 4.66. The number of nitrogens with zero attached hydrogens (tertiary/aromatic N) is 4. The van der Waals surface area contributed by atoms with Crippen LogP contribution in [0.3, 0.4) is 0 Å². The number of hydrogen-bond acceptors (Lipinski definition) is 6. The van der Waals surface area contributed by atoms with Crippen LogP contribution in [0.25, 0.3) is 0 Å². The van der Waals surface area contributed by atoms with E-state index in [1.54, 1.807) is 17.2 Å². The highest BCUT2D eigenvalue weighted by Crippen LogP contribution is 2.19. The number of urea groups is 1. The number of halogens is 1. The summed E-state index contributed by atoms with van der Waals surface area (Å²) in [6.07, 6.45) is 5.52. The number of rotatable bonds is 7. The van der Waals surface area contributed by atoms with Gasteiger partial charge in [-0.25, -0.2) is 9.69 Å². The average Bonchev–Trinajstić information content (AvgIpc) is 2.95. The Morgan fingerprint density at radius 1 is 1.20 bits per heavy atom. The van der Waals surface area contributed by atoms with Crippen LogP contribution in [0.4, 0.5) is 4.79 Å². The monoisotopic (exact) mass is 435 g/mol. The van der Waals surface area contributed by atoms with Crippen molar-refractivity contribution in [1.29, 1.82) is 0 Å². The van der Waals surface area contributed by atoms with Gasteiger partial charge in [-0.2, -0.15) is 0 Å². The number of carbonyl (C=O) groups is 4. The standard InChI is InChI=1S/C20H25N5O4.ClH/c1-2-12-23-18(27)19(28)25(20(23)29)14-17(26)24(13-15-6-3-4-10-22-15)16-7-5-9-21-11-8-16;/h2-4,6,10,16,21H,1,5,7-9,11-14H2;1H. The van der Waals surface area contributed by atoms with E-state index in [2.05, 4.69) is 16.9 Å². The average molecular weight is 436 g/mol. The van der Waals surface area contributed by atoms with Crippen LogP contribution in [-0.4, -0.2) is 75.7 Å². The second kappa shape index (κ2) is 10.8. The molecule has 1 atom stereocenters. The molecule has 9 nitrogen and oxygen atoms in total. The summed E-state index contributed by atoms with van der Waals surface area (Å²) < 4.78 is 0. The molecule has 0 aromatic carbocycles. The maximum atomic E-state index is 13.2. The van der Waals surface area contributed by atoms with Gasteiger partial charge in [-0.3, -0.25) is 24.3 Å². The first kappa shape index (κ1) is 23.5. The Morgan fingerprint density at radius 2 is 1.97 bits per heavy atom. The van der Waals surface area contributed by atoms with Crippen molar-refractivity contribution < 1.29 is 19.2 Å². The first-order valence-electron chi connectivity index (χ1n) is 9.71. The lowest BCUT2D eigenvalue weighted by molar-refractivity contribution is -0.145. The van der Waals surface area contributed by atoms with Crippen LogP contribution in [0.5, 0.6) is 0 Å². The molecule has 3 rings (SSSR count). The molecular weight excluding hydrogens is 410 g/mol. The maximum absolute atomic E-state index is 13.2. The maximum Gasteiger partial charge on any atom is 0.335 e. The zero-order valence-electron chi connectivity index (χ0n) is 16.7. The zero-order chi connectivity index (χ0) is 20.8. The first-order valence-corrected chi connectivity index (χ1v) is 9.71. The van der Waals surface area contributed by atoms with Gasteiger partial charge in [-0.15, -0.1) is 19.0 Å². The largest absolute Gasteiger partial charge is 0.335 e. The highest BCUT2D eigenvalue weighted by Gasteiger charge is 2.45. The summed E-state index contributed by atoms with van der Waals surface area (Å²) in [4.78, 5) is 57.3. The molecule has 0 saturated carbocycles. The molecule has 2 aliphatic heterocycles. The lowest BCUT2D eigenvalue weighted by Crippen LogP contribution is -2.47. The minimum atomic E-state index is -0.981. The van der Waals surface area contributed by atoms with E-state index >= 15 is 0 Å². The van der Waals surface area contributed by atoms with Gasteiger partial charge < -0.3 is 10.2 Å². The molecule has 0 bridgehead atoms. The first-order chi connectivity index (χ1) is 14.0. The molecule has 1 N–H and O–H groups in total. The molecule has 10 heteroatoms. The van der Waals surface area contributed by atoms with E-state index < -0.39 is 24.4 Å². The molecule has 2 aliphatic rings. The second-order valence-electron chi connectivity index (χ2n) is 7.06. The molecule has 3 heterocycles. The fourth-order valence-electron chi connectivity index (χ4n) is 3.61. The molecule has 2 fully saturated rings. The predicted molar refractivity (Wildman–Crippen MR) is 112 cm³/mol. The van der Waals surface area contributed by atoms with Gasteiger partial charge in [-0.05, 0) is 44.5 Å². The number of hydrogen-bond donors (Lipinski definition) is 1. The third-order valence-electron chi connectivity index (χ3n) is 5.10. The van der Waals surface area contributed by atoms with Crippen LogP contribution < -0.4 is 5.32 Å². The fraction of sp³-hybridized carbons (Fsp3) is 0.450. The van der Waals surface area contributed by atoms with Gasteiger partial charge in [0.2, 0.25) is 5.91 Å². The van der Waals surface area contributed by atoms with Crippen molar-refractivity contribution in [1.82, 2.24) is 25.0 Å². The van der Waals surface area contributed by atoms with Crippen molar-refractivity contribution in [2.45, 2.75) is 31.8 Å². The van der Waals surface area contributed by atoms with E-state index in [0.717, 1.165) is 42.9 Å². The van der Waals surface area contributed by atoms with E-state index in [1.165, 1.54) is 6.08 Å². The molecule has 0 spiro atoms. The summed E-state index contributed by atoms with van der Waals surface area (Å²) in [6.45, 7) is 4.90. The van der Waals surface area contributed by atoms with Gasteiger partial charge in [-0.1, -0.05) is 12.1 Å². The molecule has 1 unspecified atom stereocenters. The zero-order valence-corrected chi connectivity index (χ0v) is 17.5. The van der Waals surface area contributed by atoms with Crippen LogP contribution >= 0.6 is 12.4 Å². The molecule has 30 heavy (non-hydrogen) atoms. The van der Waals surface area contributed by atoms with Crippen LogP contribution in [0.2, 0.25) is 0 Å². The van der Waals surface area contributed by atoms with E-state index in [4.69, 9.17) is 0 Å². The highest BCUT2D eigenvalue weighted by molar-refractivity contribution is 6.45. The van der Waals surface area contributed by atoms with Crippen LogP contribution in [0.1, 0.15) is 25.0 Å². The fourth-order valence-corrected chi connectivity index (χ4v) is 3.61. The van der Waals surface area contributed by atoms with E-state index in [-0.39, 0.29) is 37.4 Å². The van der Waals surface area contributed by atoms with Crippen LogP contribution in [-0.2, 0) is 20.9 Å². The second-order valence-corrected chi connectivity index (χ2v) is 7.06. The molecule has 0 aliphatic carbocycles. The smallest absolute Gasteiger partial charge is 0.332 e. The molecule has 162 valence electrons. The molecular formula is C20H26ClN5O4. The minimum Gasteiger partial charge on any atom is -0.332 e. The molecule has 1 aromatic heterocycles. The summed E-state index contributed by atoms with van der Waals surface area (Å²) >= 11 is 0. The van der Waals surface area contributed by atoms with Crippen LogP contribution in [0, 0.1) is 0 Å². The Labute approximate surface area is 181 Å². The molecule has 1 aromatic rings. The van der Waals surface area contributed by atoms with Crippen molar-refractivity contribution in [2.24, 2.45) is 0 Å². The van der Waals surface area contributed by atoms with Crippen molar-refractivity contribution in [3.8, 4) is 0 Å². The Hall–Kier alpha value is -2.78. The van der Waals surface area contributed by atoms with Crippen molar-refractivity contribution in [3.63, 3.8) is 0 Å². The Morgan fingerprint density at radius 3 is 2.67 bits per heavy atom. The summed E-state index contributed by atoms with van der Waals surface area (Å²) in [5.41, 5.74) is 0.724. The van der Waals surface area contributed by atoms with Crippen LogP contribution in [0.15, 0.2) is 37.1 Å². The van der Waals surface area contributed by atoms with Gasteiger partial charge in [0.15, 0.2) is 0 Å². The summed E-state index contributed by atoms with van der Waals surface area (Å²) in [5, 5.41) is 3.31. The number of aromatic nitrogens is 1. The lowest BCUT2D eigenvalue weighted by atomic mass is 10.1. The van der Waals surface area contributed by atoms with Crippen molar-refractivity contribution in [2.75, 3.05) is 26.2 Å². The van der Waals surface area contributed by atoms with Gasteiger partial charge in [0.25, 0.3) is 0 Å². The van der Waals surface area contributed by atoms with E-state index in [0.29, 0.717) is 4.90 Å². The number of pyridine rings is 1. The van der Waals surface area contributed by atoms with Gasteiger partial charge in [0.1, 0.15) is 6.54 Å². The number of nitrogens with one attached hydrogen (secondary N) is 1. The van der Waals surface area contributed by atoms with Gasteiger partial charge in [0, 0.05) is 18.8 Å². The Bertz CT molecular complexity index is 796. The molecule has 2 saturated heterocycles. The molecule has 0 radical (unpaired) electrons. The normalized spacial score (nSPS) is 19.3. The van der Waals surface area contributed by atoms with E-state index in [1.807, 2.05) is 12.1 Å². The third-order valence-corrected chi connectivity index (χ3v) is 5.10. The SMILES string of the molecule is C=CCN1C(=O)C(=O)N(CC(=O)N(Cc2ccccn2)C2CCCNCC2)C1=O.Cl. The van der Waals surface area contributed by atoms with Gasteiger partial charge >= 0.3 is 17.8 Å². The van der Waals surface area contributed by atoms with E-state index in [9.17, 15) is 19.2 Å². The Balaban J connectivity index is 0.00000320. The Kier molecular flexibility index (Phi) is 8.49. The van der Waals surface area contributed by atoms with Crippen molar-refractivity contribution >= 4 is 36.2 Å². The third kappa shape index (κ3) is 5.22. The number of carbonyl (C=O) groups excluding carboxylic acids is 4. The number of imide groups is 2. The predicted octanol–water partition coefficient (Wildman–Crippen LogP) is 0.951. The highest BCUT2D eigenvalue weighted by atomic mass is 35.5. The van der Waals surface area contributed by atoms with Crippen molar-refractivity contribution in [3.05, 3.63) is 42.7 Å². The topological polar surface area (TPSA) is 103 Å². The quantitative estimate of drug-likeness (QED) is 0.388. The van der Waals surface area contributed by atoms with Gasteiger partial charge in [0.05, 0.1) is 12.2 Å². The lowest BCUT2D eigenvalue weighted by Gasteiger charge is -2.32. The number of amides is 5.